The number of nitrogens with two attached hydrogens (primary N) is 1. The van der Waals surface area contributed by atoms with Crippen molar-refractivity contribution in [3.63, 3.8) is 0 Å². The van der Waals surface area contributed by atoms with Crippen molar-refractivity contribution in [2.24, 2.45) is 10.7 Å². The van der Waals surface area contributed by atoms with Gasteiger partial charge in [0, 0.05) is 18.0 Å². The summed E-state index contributed by atoms with van der Waals surface area (Å²) in [6.45, 7) is 0. The zero-order chi connectivity index (χ0) is 9.97. The molecule has 6 heteroatoms. The number of hydrogen-bond acceptors (Lipinski definition) is 4. The summed E-state index contributed by atoms with van der Waals surface area (Å²) < 4.78 is 0. The van der Waals surface area contributed by atoms with Gasteiger partial charge in [-0.1, -0.05) is 6.07 Å². The van der Waals surface area contributed by atoms with Crippen LogP contribution in [0.5, 0.6) is 0 Å². The third kappa shape index (κ3) is 1.80. The molecule has 0 bridgehead atoms. The van der Waals surface area contributed by atoms with E-state index in [0.29, 0.717) is 11.1 Å². The molecule has 1 atom stereocenters. The molecule has 1 aliphatic heterocycles. The van der Waals surface area contributed by atoms with Crippen LogP contribution in [0.2, 0.25) is 0 Å². The van der Waals surface area contributed by atoms with Crippen LogP contribution in [0.4, 0.5) is 0 Å². The largest absolute Gasteiger partial charge is 0.370 e. The Morgan fingerprint density at radius 1 is 1.50 bits per heavy atom. The van der Waals surface area contributed by atoms with Gasteiger partial charge in [-0.15, -0.1) is 0 Å². The Bertz CT molecular complexity index is 375. The zero-order valence-electron chi connectivity index (χ0n) is 7.27. The first-order chi connectivity index (χ1) is 6.75. The number of hydrogen-bond donors (Lipinski definition) is 3. The van der Waals surface area contributed by atoms with Gasteiger partial charge >= 0.3 is 0 Å². The van der Waals surface area contributed by atoms with E-state index >= 15 is 0 Å². The van der Waals surface area contributed by atoms with Gasteiger partial charge in [-0.05, 0) is 18.3 Å². The van der Waals surface area contributed by atoms with E-state index in [-0.39, 0.29) is 6.17 Å². The minimum atomic E-state index is -0.238. The Labute approximate surface area is 86.4 Å². The summed E-state index contributed by atoms with van der Waals surface area (Å²) in [5, 5.41) is 6.16. The standard InChI is InChI=1S/C8H9N5S/c9-7-11-6(12-8(14)13-7)5-2-1-3-10-4-5/h1-4,6H,(H4,9,11,12,13,14)/t6-/m0/s1. The lowest BCUT2D eigenvalue weighted by Gasteiger charge is -2.22. The molecule has 0 spiro atoms. The summed E-state index contributed by atoms with van der Waals surface area (Å²) in [7, 11) is 0. The van der Waals surface area contributed by atoms with Crippen molar-refractivity contribution in [1.29, 1.82) is 0 Å². The average molecular weight is 207 g/mol. The van der Waals surface area contributed by atoms with Crippen LogP contribution in [0.15, 0.2) is 29.5 Å². The van der Waals surface area contributed by atoms with Crippen LogP contribution in [-0.2, 0) is 0 Å². The molecule has 5 nitrogen and oxygen atoms in total. The molecule has 1 aromatic heterocycles. The predicted octanol–water partition coefficient (Wildman–Crippen LogP) is -0.127. The molecule has 72 valence electrons. The van der Waals surface area contributed by atoms with E-state index < -0.39 is 0 Å². The number of guanidine groups is 1. The molecule has 4 N–H and O–H groups in total. The van der Waals surface area contributed by atoms with Gasteiger partial charge in [0.25, 0.3) is 0 Å². The van der Waals surface area contributed by atoms with Crippen LogP contribution in [-0.4, -0.2) is 16.1 Å². The summed E-state index contributed by atoms with van der Waals surface area (Å²) in [5.41, 5.74) is 6.47. The van der Waals surface area contributed by atoms with Gasteiger partial charge in [-0.25, -0.2) is 4.99 Å². The summed E-state index contributed by atoms with van der Waals surface area (Å²) >= 11 is 4.96. The van der Waals surface area contributed by atoms with Crippen LogP contribution < -0.4 is 16.4 Å². The van der Waals surface area contributed by atoms with Gasteiger partial charge in [-0.2, -0.15) is 0 Å². The molecule has 2 rings (SSSR count). The van der Waals surface area contributed by atoms with Gasteiger partial charge in [0.05, 0.1) is 0 Å². The molecule has 14 heavy (non-hydrogen) atoms. The third-order valence-corrected chi connectivity index (χ3v) is 2.00. The smallest absolute Gasteiger partial charge is 0.197 e. The van der Waals surface area contributed by atoms with Crippen LogP contribution >= 0.6 is 12.2 Å². The molecule has 0 aliphatic carbocycles. The fourth-order valence-corrected chi connectivity index (χ4v) is 1.39. The van der Waals surface area contributed by atoms with Crippen molar-refractivity contribution in [3.8, 4) is 0 Å². The lowest BCUT2D eigenvalue weighted by Crippen LogP contribution is -2.49. The van der Waals surface area contributed by atoms with E-state index in [9.17, 15) is 0 Å². The van der Waals surface area contributed by atoms with Gasteiger partial charge in [0.1, 0.15) is 0 Å². The number of nitrogens with zero attached hydrogens (tertiary/aromatic N) is 2. The highest BCUT2D eigenvalue weighted by Gasteiger charge is 2.16. The second-order valence-electron chi connectivity index (χ2n) is 2.80. The maximum Gasteiger partial charge on any atom is 0.197 e. The van der Waals surface area contributed by atoms with Crippen molar-refractivity contribution in [1.82, 2.24) is 15.6 Å². The van der Waals surface area contributed by atoms with Gasteiger partial charge in [0.15, 0.2) is 17.2 Å². The van der Waals surface area contributed by atoms with E-state index in [1.54, 1.807) is 12.4 Å². The highest BCUT2D eigenvalue weighted by Crippen LogP contribution is 2.13. The number of thiocarbonyl (C=S) groups is 1. The topological polar surface area (TPSA) is 75.3 Å². The maximum atomic E-state index is 5.54. The van der Waals surface area contributed by atoms with Crippen LogP contribution in [0.25, 0.3) is 0 Å². The summed E-state index contributed by atoms with van der Waals surface area (Å²) in [5.74, 6) is 0.322. The van der Waals surface area contributed by atoms with Crippen molar-refractivity contribution >= 4 is 23.3 Å². The SMILES string of the molecule is NC1=N[C@H](c2cccnc2)NC(=S)N1. The number of pyridine rings is 1. The first kappa shape index (κ1) is 8.89. The number of aromatic nitrogens is 1. The molecule has 0 amide bonds. The second-order valence-corrected chi connectivity index (χ2v) is 3.21. The second kappa shape index (κ2) is 3.59. The molecule has 0 saturated heterocycles. The molecule has 0 aromatic carbocycles. The summed E-state index contributed by atoms with van der Waals surface area (Å²) in [6, 6.07) is 3.75. The zero-order valence-corrected chi connectivity index (χ0v) is 8.08. The van der Waals surface area contributed by atoms with Crippen molar-refractivity contribution in [2.75, 3.05) is 0 Å². The molecule has 0 unspecified atom stereocenters. The number of nitrogens with one attached hydrogen (secondary N) is 2. The molecule has 2 heterocycles. The lowest BCUT2D eigenvalue weighted by molar-refractivity contribution is 0.657. The van der Waals surface area contributed by atoms with Crippen molar-refractivity contribution < 1.29 is 0 Å². The van der Waals surface area contributed by atoms with E-state index in [0.717, 1.165) is 5.56 Å². The molecule has 0 fully saturated rings. The fourth-order valence-electron chi connectivity index (χ4n) is 1.18. The molecular formula is C8H9N5S. The molecule has 1 aromatic rings. The minimum absolute atomic E-state index is 0.238. The quantitative estimate of drug-likeness (QED) is 0.559. The first-order valence-electron chi connectivity index (χ1n) is 4.06. The molecule has 1 aliphatic rings. The Hall–Kier alpha value is -1.69. The average Bonchev–Trinajstić information content (AvgIpc) is 2.18. The van der Waals surface area contributed by atoms with Crippen LogP contribution in [0.1, 0.15) is 11.7 Å². The number of aliphatic imine (C=N–C) groups is 1. The summed E-state index contributed by atoms with van der Waals surface area (Å²) in [6.07, 6.45) is 3.19. The highest BCUT2D eigenvalue weighted by atomic mass is 32.1. The predicted molar refractivity (Wildman–Crippen MR) is 57.5 cm³/mol. The van der Waals surface area contributed by atoms with Gasteiger partial charge < -0.3 is 16.4 Å². The van der Waals surface area contributed by atoms with Gasteiger partial charge in [-0.3, -0.25) is 4.98 Å². The monoisotopic (exact) mass is 207 g/mol. The van der Waals surface area contributed by atoms with E-state index in [1.165, 1.54) is 0 Å². The van der Waals surface area contributed by atoms with Crippen LogP contribution in [0, 0.1) is 0 Å². The van der Waals surface area contributed by atoms with E-state index in [4.69, 9.17) is 18.0 Å². The normalized spacial score (nSPS) is 20.7. The van der Waals surface area contributed by atoms with Crippen LogP contribution in [0.3, 0.4) is 0 Å². The lowest BCUT2D eigenvalue weighted by atomic mass is 10.2. The Kier molecular flexibility index (Phi) is 2.28. The Morgan fingerprint density at radius 2 is 2.36 bits per heavy atom. The van der Waals surface area contributed by atoms with Crippen molar-refractivity contribution in [3.05, 3.63) is 30.1 Å². The highest BCUT2D eigenvalue weighted by molar-refractivity contribution is 7.80. The van der Waals surface area contributed by atoms with E-state index in [2.05, 4.69) is 20.6 Å². The molecule has 0 saturated carbocycles. The fraction of sp³-hybridized carbons (Fsp3) is 0.125. The van der Waals surface area contributed by atoms with Gasteiger partial charge in [0.2, 0.25) is 0 Å². The van der Waals surface area contributed by atoms with Crippen molar-refractivity contribution in [2.45, 2.75) is 6.17 Å². The first-order valence-corrected chi connectivity index (χ1v) is 4.47. The Balaban J connectivity index is 2.28. The minimum Gasteiger partial charge on any atom is -0.370 e. The third-order valence-electron chi connectivity index (χ3n) is 1.78. The Morgan fingerprint density at radius 3 is 3.00 bits per heavy atom. The number of rotatable bonds is 1. The molecular weight excluding hydrogens is 198 g/mol. The summed E-state index contributed by atoms with van der Waals surface area (Å²) in [4.78, 5) is 8.14. The van der Waals surface area contributed by atoms with E-state index in [1.807, 2.05) is 12.1 Å². The maximum absolute atomic E-state index is 5.54. The molecule has 0 radical (unpaired) electrons.